The lowest BCUT2D eigenvalue weighted by Crippen LogP contribution is -2.36. The van der Waals surface area contributed by atoms with Crippen molar-refractivity contribution in [3.63, 3.8) is 0 Å². The van der Waals surface area contributed by atoms with E-state index in [0.29, 0.717) is 24.1 Å². The minimum absolute atomic E-state index is 0.122. The predicted molar refractivity (Wildman–Crippen MR) is 82.7 cm³/mol. The van der Waals surface area contributed by atoms with Crippen molar-refractivity contribution >= 4 is 0 Å². The molecule has 0 saturated carbocycles. The Balaban J connectivity index is 2.90. The maximum Gasteiger partial charge on any atom is 0.168 e. The van der Waals surface area contributed by atoms with Crippen LogP contribution in [0.15, 0.2) is 18.2 Å². The molecule has 1 aromatic rings. The van der Waals surface area contributed by atoms with Gasteiger partial charge in [-0.1, -0.05) is 46.8 Å². The Morgan fingerprint density at radius 1 is 1.25 bits per heavy atom. The second-order valence-electron chi connectivity index (χ2n) is 6.76. The fourth-order valence-electron chi connectivity index (χ4n) is 2.20. The summed E-state index contributed by atoms with van der Waals surface area (Å²) in [6, 6.07) is 5.81. The molecule has 0 aliphatic heterocycles. The van der Waals surface area contributed by atoms with Gasteiger partial charge in [-0.05, 0) is 35.9 Å². The molecule has 114 valence electrons. The molecule has 0 aliphatic carbocycles. The molecule has 0 fully saturated rings. The molecule has 0 amide bonds. The van der Waals surface area contributed by atoms with Crippen molar-refractivity contribution in [1.82, 2.24) is 5.32 Å². The molecule has 1 unspecified atom stereocenters. The molecule has 2 nitrogen and oxygen atoms in total. The number of rotatable bonds is 6. The first-order valence-corrected chi connectivity index (χ1v) is 7.30. The van der Waals surface area contributed by atoms with Crippen LogP contribution >= 0.6 is 0 Å². The summed E-state index contributed by atoms with van der Waals surface area (Å²) in [6.07, 6.45) is 0.715. The first-order valence-electron chi connectivity index (χ1n) is 7.30. The van der Waals surface area contributed by atoms with E-state index in [1.165, 1.54) is 7.11 Å². The molecule has 1 N–H and O–H groups in total. The minimum atomic E-state index is -0.228. The van der Waals surface area contributed by atoms with Gasteiger partial charge in [0.25, 0.3) is 0 Å². The SMILES string of the molecule is COc1cccc(CC(CNC(C)C)C(C)(C)C)c1F. The van der Waals surface area contributed by atoms with Gasteiger partial charge in [-0.2, -0.15) is 0 Å². The average molecular weight is 281 g/mol. The minimum Gasteiger partial charge on any atom is -0.494 e. The lowest BCUT2D eigenvalue weighted by molar-refractivity contribution is 0.224. The first-order chi connectivity index (χ1) is 9.25. The Bertz CT molecular complexity index is 423. The van der Waals surface area contributed by atoms with E-state index < -0.39 is 0 Å². The van der Waals surface area contributed by atoms with Crippen LogP contribution in [0, 0.1) is 17.2 Å². The van der Waals surface area contributed by atoms with Gasteiger partial charge in [-0.3, -0.25) is 0 Å². The van der Waals surface area contributed by atoms with Crippen LogP contribution < -0.4 is 10.1 Å². The number of methoxy groups -OCH3 is 1. The molecular weight excluding hydrogens is 253 g/mol. The third kappa shape index (κ3) is 4.78. The van der Waals surface area contributed by atoms with Crippen molar-refractivity contribution in [1.29, 1.82) is 0 Å². The highest BCUT2D eigenvalue weighted by Crippen LogP contribution is 2.31. The van der Waals surface area contributed by atoms with Crippen molar-refractivity contribution in [2.75, 3.05) is 13.7 Å². The fourth-order valence-corrected chi connectivity index (χ4v) is 2.20. The molecule has 0 aromatic heterocycles. The number of halogens is 1. The normalized spacial score (nSPS) is 13.6. The van der Waals surface area contributed by atoms with Crippen molar-refractivity contribution in [3.05, 3.63) is 29.6 Å². The molecule has 0 saturated heterocycles. The highest BCUT2D eigenvalue weighted by Gasteiger charge is 2.26. The summed E-state index contributed by atoms with van der Waals surface area (Å²) in [4.78, 5) is 0. The Labute approximate surface area is 122 Å². The van der Waals surface area contributed by atoms with E-state index in [9.17, 15) is 4.39 Å². The van der Waals surface area contributed by atoms with Crippen LogP contribution in [0.1, 0.15) is 40.2 Å². The highest BCUT2D eigenvalue weighted by molar-refractivity contribution is 5.31. The Morgan fingerprint density at radius 2 is 1.90 bits per heavy atom. The summed E-state index contributed by atoms with van der Waals surface area (Å²) in [5.74, 6) is 0.465. The first kappa shape index (κ1) is 17.0. The Morgan fingerprint density at radius 3 is 2.40 bits per heavy atom. The molecule has 0 bridgehead atoms. The van der Waals surface area contributed by atoms with Gasteiger partial charge < -0.3 is 10.1 Å². The number of nitrogens with one attached hydrogen (secondary N) is 1. The Kier molecular flexibility index (Phi) is 6.00. The van der Waals surface area contributed by atoms with Gasteiger partial charge in [0.1, 0.15) is 0 Å². The number of hydrogen-bond donors (Lipinski definition) is 1. The summed E-state index contributed by atoms with van der Waals surface area (Å²) in [7, 11) is 1.50. The zero-order valence-electron chi connectivity index (χ0n) is 13.6. The van der Waals surface area contributed by atoms with E-state index >= 15 is 0 Å². The molecule has 0 radical (unpaired) electrons. The average Bonchev–Trinajstić information content (AvgIpc) is 2.34. The summed E-state index contributed by atoms with van der Waals surface area (Å²) < 4.78 is 19.3. The van der Waals surface area contributed by atoms with Gasteiger partial charge in [0.15, 0.2) is 11.6 Å². The van der Waals surface area contributed by atoms with Crippen molar-refractivity contribution < 1.29 is 9.13 Å². The predicted octanol–water partition coefficient (Wildman–Crippen LogP) is 4.04. The van der Waals surface area contributed by atoms with Gasteiger partial charge >= 0.3 is 0 Å². The van der Waals surface area contributed by atoms with Crippen LogP contribution in [-0.2, 0) is 6.42 Å². The molecule has 1 rings (SSSR count). The summed E-state index contributed by atoms with van der Waals surface area (Å²) >= 11 is 0. The molecule has 20 heavy (non-hydrogen) atoms. The molecule has 3 heteroatoms. The van der Waals surface area contributed by atoms with E-state index in [-0.39, 0.29) is 11.2 Å². The maximum absolute atomic E-state index is 14.3. The van der Waals surface area contributed by atoms with E-state index in [1.807, 2.05) is 12.1 Å². The molecule has 1 atom stereocenters. The van der Waals surface area contributed by atoms with E-state index in [1.54, 1.807) is 6.07 Å². The molecule has 1 aromatic carbocycles. The van der Waals surface area contributed by atoms with Gasteiger partial charge in [-0.15, -0.1) is 0 Å². The summed E-state index contributed by atoms with van der Waals surface area (Å²) in [5.41, 5.74) is 0.854. The second-order valence-corrected chi connectivity index (χ2v) is 6.76. The van der Waals surface area contributed by atoms with Crippen LogP contribution in [0.5, 0.6) is 5.75 Å². The lowest BCUT2D eigenvalue weighted by Gasteiger charge is -2.32. The van der Waals surface area contributed by atoms with E-state index in [0.717, 1.165) is 12.1 Å². The Hall–Kier alpha value is -1.09. The smallest absolute Gasteiger partial charge is 0.168 e. The molecule has 0 spiro atoms. The van der Waals surface area contributed by atoms with E-state index in [4.69, 9.17) is 4.74 Å². The standard InChI is InChI=1S/C17H28FNO/c1-12(2)19-11-14(17(3,4)5)10-13-8-7-9-15(20-6)16(13)18/h7-9,12,14,19H,10-11H2,1-6H3. The lowest BCUT2D eigenvalue weighted by atomic mass is 9.77. The number of benzene rings is 1. The van der Waals surface area contributed by atoms with Crippen LogP contribution in [0.4, 0.5) is 4.39 Å². The van der Waals surface area contributed by atoms with Crippen molar-refractivity contribution in [3.8, 4) is 5.75 Å². The third-order valence-corrected chi connectivity index (χ3v) is 3.73. The van der Waals surface area contributed by atoms with Crippen LogP contribution in [0.2, 0.25) is 0 Å². The third-order valence-electron chi connectivity index (χ3n) is 3.73. The fraction of sp³-hybridized carbons (Fsp3) is 0.647. The quantitative estimate of drug-likeness (QED) is 0.850. The molecule has 0 aliphatic rings. The zero-order chi connectivity index (χ0) is 15.3. The van der Waals surface area contributed by atoms with Crippen LogP contribution in [0.3, 0.4) is 0 Å². The van der Waals surface area contributed by atoms with Gasteiger partial charge in [0.2, 0.25) is 0 Å². The topological polar surface area (TPSA) is 21.3 Å². The van der Waals surface area contributed by atoms with Gasteiger partial charge in [0, 0.05) is 6.04 Å². The maximum atomic E-state index is 14.3. The number of ether oxygens (including phenoxy) is 1. The van der Waals surface area contributed by atoms with Gasteiger partial charge in [-0.25, -0.2) is 4.39 Å². The van der Waals surface area contributed by atoms with Gasteiger partial charge in [0.05, 0.1) is 7.11 Å². The molecule has 0 heterocycles. The van der Waals surface area contributed by atoms with Crippen LogP contribution in [-0.4, -0.2) is 19.7 Å². The number of hydrogen-bond acceptors (Lipinski definition) is 2. The monoisotopic (exact) mass is 281 g/mol. The second kappa shape index (κ2) is 7.07. The highest BCUT2D eigenvalue weighted by atomic mass is 19.1. The largest absolute Gasteiger partial charge is 0.494 e. The van der Waals surface area contributed by atoms with E-state index in [2.05, 4.69) is 39.9 Å². The molecular formula is C17H28FNO. The van der Waals surface area contributed by atoms with Crippen LogP contribution in [0.25, 0.3) is 0 Å². The van der Waals surface area contributed by atoms with Crippen molar-refractivity contribution in [2.45, 2.75) is 47.1 Å². The van der Waals surface area contributed by atoms with Crippen molar-refractivity contribution in [2.24, 2.45) is 11.3 Å². The summed E-state index contributed by atoms with van der Waals surface area (Å²) in [5, 5.41) is 3.47. The zero-order valence-corrected chi connectivity index (χ0v) is 13.6. The summed E-state index contributed by atoms with van der Waals surface area (Å²) in [6.45, 7) is 11.8.